The SMILES string of the molecule is Cc1cc(/C=N/NC(=O)Cc2ccccc2)c(C)n1-c1ccc2ccccc2c1. The summed E-state index contributed by atoms with van der Waals surface area (Å²) in [7, 11) is 0. The highest BCUT2D eigenvalue weighted by Crippen LogP contribution is 2.23. The van der Waals surface area contributed by atoms with Crippen molar-refractivity contribution < 1.29 is 4.79 Å². The third-order valence-corrected chi connectivity index (χ3v) is 5.06. The lowest BCUT2D eigenvalue weighted by Crippen LogP contribution is -2.19. The summed E-state index contributed by atoms with van der Waals surface area (Å²) in [4.78, 5) is 12.1. The third kappa shape index (κ3) is 4.11. The van der Waals surface area contributed by atoms with Gasteiger partial charge in [-0.3, -0.25) is 4.79 Å². The molecular formula is C25H23N3O. The van der Waals surface area contributed by atoms with E-state index < -0.39 is 0 Å². The van der Waals surface area contributed by atoms with Gasteiger partial charge >= 0.3 is 0 Å². The second-order valence-electron chi connectivity index (χ2n) is 7.15. The average Bonchev–Trinajstić information content (AvgIpc) is 3.01. The van der Waals surface area contributed by atoms with Gasteiger partial charge in [-0.25, -0.2) is 5.43 Å². The summed E-state index contributed by atoms with van der Waals surface area (Å²) in [5.74, 6) is -0.129. The molecule has 1 heterocycles. The van der Waals surface area contributed by atoms with Gasteiger partial charge in [0.1, 0.15) is 0 Å². The summed E-state index contributed by atoms with van der Waals surface area (Å²) in [5, 5.41) is 6.59. The van der Waals surface area contributed by atoms with Gasteiger partial charge in [-0.1, -0.05) is 60.7 Å². The zero-order chi connectivity index (χ0) is 20.2. The molecule has 1 aromatic heterocycles. The number of nitrogens with zero attached hydrogens (tertiary/aromatic N) is 2. The van der Waals surface area contributed by atoms with E-state index in [1.807, 2.05) is 30.3 Å². The zero-order valence-corrected chi connectivity index (χ0v) is 16.6. The molecule has 1 amide bonds. The maximum Gasteiger partial charge on any atom is 0.244 e. The van der Waals surface area contributed by atoms with Gasteiger partial charge in [-0.15, -0.1) is 0 Å². The molecule has 0 saturated carbocycles. The van der Waals surface area contributed by atoms with Crippen molar-refractivity contribution in [3.63, 3.8) is 0 Å². The molecule has 0 aliphatic heterocycles. The first-order valence-corrected chi connectivity index (χ1v) is 9.66. The van der Waals surface area contributed by atoms with E-state index in [1.54, 1.807) is 6.21 Å². The molecule has 0 atom stereocenters. The molecule has 4 aromatic rings. The van der Waals surface area contributed by atoms with E-state index in [0.717, 1.165) is 28.2 Å². The highest BCUT2D eigenvalue weighted by atomic mass is 16.2. The number of rotatable bonds is 5. The Balaban J connectivity index is 1.52. The number of hydrogen-bond donors (Lipinski definition) is 1. The number of carbonyl (C=O) groups excluding carboxylic acids is 1. The highest BCUT2D eigenvalue weighted by molar-refractivity contribution is 5.86. The normalized spacial score (nSPS) is 11.2. The molecule has 0 aliphatic rings. The summed E-state index contributed by atoms with van der Waals surface area (Å²) in [6.45, 7) is 4.14. The fourth-order valence-electron chi connectivity index (χ4n) is 3.63. The van der Waals surface area contributed by atoms with Gasteiger partial charge in [0.05, 0.1) is 12.6 Å². The molecule has 0 fully saturated rings. The van der Waals surface area contributed by atoms with E-state index in [0.29, 0.717) is 6.42 Å². The number of aryl methyl sites for hydroxylation is 1. The Kier molecular flexibility index (Phi) is 5.25. The first-order valence-electron chi connectivity index (χ1n) is 9.66. The van der Waals surface area contributed by atoms with Crippen LogP contribution in [-0.4, -0.2) is 16.7 Å². The molecule has 4 heteroatoms. The molecule has 0 saturated heterocycles. The Morgan fingerprint density at radius 3 is 2.45 bits per heavy atom. The van der Waals surface area contributed by atoms with Crippen LogP contribution < -0.4 is 5.43 Å². The van der Waals surface area contributed by atoms with Crippen LogP contribution in [0, 0.1) is 13.8 Å². The Morgan fingerprint density at radius 2 is 1.66 bits per heavy atom. The maximum absolute atomic E-state index is 12.1. The number of amides is 1. The van der Waals surface area contributed by atoms with Crippen LogP contribution in [0.15, 0.2) is 84.0 Å². The molecule has 0 radical (unpaired) electrons. The number of hydrogen-bond acceptors (Lipinski definition) is 2. The number of benzene rings is 3. The van der Waals surface area contributed by atoms with Crippen molar-refractivity contribution in [1.82, 2.24) is 9.99 Å². The predicted octanol–water partition coefficient (Wildman–Crippen LogP) is 4.94. The van der Waals surface area contributed by atoms with Crippen LogP contribution in [0.5, 0.6) is 0 Å². The third-order valence-electron chi connectivity index (χ3n) is 5.06. The molecule has 0 bridgehead atoms. The first kappa shape index (κ1) is 18.7. The second kappa shape index (κ2) is 8.15. The predicted molar refractivity (Wildman–Crippen MR) is 119 cm³/mol. The Labute approximate surface area is 170 Å². The second-order valence-corrected chi connectivity index (χ2v) is 7.15. The molecule has 0 aliphatic carbocycles. The van der Waals surface area contributed by atoms with Crippen molar-refractivity contribution in [2.24, 2.45) is 5.10 Å². The van der Waals surface area contributed by atoms with Crippen LogP contribution >= 0.6 is 0 Å². The van der Waals surface area contributed by atoms with Crippen molar-refractivity contribution in [1.29, 1.82) is 0 Å². The average molecular weight is 381 g/mol. The molecule has 4 rings (SSSR count). The summed E-state index contributed by atoms with van der Waals surface area (Å²) in [5.41, 5.74) is 7.89. The van der Waals surface area contributed by atoms with E-state index in [2.05, 4.69) is 77.5 Å². The van der Waals surface area contributed by atoms with E-state index in [-0.39, 0.29) is 5.91 Å². The molecule has 1 N–H and O–H groups in total. The highest BCUT2D eigenvalue weighted by Gasteiger charge is 2.10. The van der Waals surface area contributed by atoms with E-state index in [4.69, 9.17) is 0 Å². The number of hydrazone groups is 1. The summed E-state index contributed by atoms with van der Waals surface area (Å²) in [6, 6.07) is 26.5. The van der Waals surface area contributed by atoms with Gasteiger partial charge in [0, 0.05) is 22.6 Å². The standard InChI is InChI=1S/C25H23N3O/c1-18-14-23(17-26-27-25(29)15-20-8-4-3-5-9-20)19(2)28(18)24-13-12-21-10-6-7-11-22(21)16-24/h3-14,16-17H,15H2,1-2H3,(H,27,29)/b26-17+. The van der Waals surface area contributed by atoms with Gasteiger partial charge < -0.3 is 4.57 Å². The van der Waals surface area contributed by atoms with Gasteiger partial charge in [-0.2, -0.15) is 5.10 Å². The fourth-order valence-corrected chi connectivity index (χ4v) is 3.63. The van der Waals surface area contributed by atoms with Crippen molar-refractivity contribution in [3.05, 3.63) is 101 Å². The Hall–Kier alpha value is -3.66. The number of fused-ring (bicyclic) bond motifs is 1. The van der Waals surface area contributed by atoms with Gasteiger partial charge in [0.15, 0.2) is 0 Å². The largest absolute Gasteiger partial charge is 0.318 e. The zero-order valence-electron chi connectivity index (χ0n) is 16.6. The van der Waals surface area contributed by atoms with E-state index in [9.17, 15) is 4.79 Å². The van der Waals surface area contributed by atoms with Crippen LogP contribution in [0.1, 0.15) is 22.5 Å². The Bertz CT molecular complexity index is 1190. The summed E-state index contributed by atoms with van der Waals surface area (Å²) < 4.78 is 2.21. The van der Waals surface area contributed by atoms with Gasteiger partial charge in [0.2, 0.25) is 5.91 Å². The number of aromatic nitrogens is 1. The fraction of sp³-hybridized carbons (Fsp3) is 0.120. The summed E-state index contributed by atoms with van der Waals surface area (Å²) in [6.07, 6.45) is 2.02. The van der Waals surface area contributed by atoms with E-state index in [1.165, 1.54) is 10.8 Å². The number of nitrogens with one attached hydrogen (secondary N) is 1. The van der Waals surface area contributed by atoms with Crippen LogP contribution in [0.3, 0.4) is 0 Å². The van der Waals surface area contributed by atoms with Crippen LogP contribution in [0.25, 0.3) is 16.5 Å². The van der Waals surface area contributed by atoms with Crippen molar-refractivity contribution >= 4 is 22.9 Å². The maximum atomic E-state index is 12.1. The van der Waals surface area contributed by atoms with Crippen LogP contribution in [-0.2, 0) is 11.2 Å². The molecule has 0 spiro atoms. The van der Waals surface area contributed by atoms with Crippen LogP contribution in [0.4, 0.5) is 0 Å². The molecule has 29 heavy (non-hydrogen) atoms. The topological polar surface area (TPSA) is 46.4 Å². The molecule has 144 valence electrons. The van der Waals surface area contributed by atoms with Crippen molar-refractivity contribution in [3.8, 4) is 5.69 Å². The monoisotopic (exact) mass is 381 g/mol. The lowest BCUT2D eigenvalue weighted by Gasteiger charge is -2.11. The molecule has 3 aromatic carbocycles. The quantitative estimate of drug-likeness (QED) is 0.386. The summed E-state index contributed by atoms with van der Waals surface area (Å²) >= 11 is 0. The minimum atomic E-state index is -0.129. The van der Waals surface area contributed by atoms with Gasteiger partial charge in [-0.05, 0) is 48.4 Å². The Morgan fingerprint density at radius 1 is 0.931 bits per heavy atom. The van der Waals surface area contributed by atoms with Gasteiger partial charge in [0.25, 0.3) is 0 Å². The molecular weight excluding hydrogens is 358 g/mol. The minimum Gasteiger partial charge on any atom is -0.318 e. The van der Waals surface area contributed by atoms with Crippen LogP contribution in [0.2, 0.25) is 0 Å². The smallest absolute Gasteiger partial charge is 0.244 e. The molecule has 4 nitrogen and oxygen atoms in total. The molecule has 0 unspecified atom stereocenters. The number of carbonyl (C=O) groups is 1. The van der Waals surface area contributed by atoms with E-state index >= 15 is 0 Å². The lowest BCUT2D eigenvalue weighted by atomic mass is 10.1. The minimum absolute atomic E-state index is 0.129. The lowest BCUT2D eigenvalue weighted by molar-refractivity contribution is -0.120. The van der Waals surface area contributed by atoms with Crippen molar-refractivity contribution in [2.45, 2.75) is 20.3 Å². The van der Waals surface area contributed by atoms with Crippen molar-refractivity contribution in [2.75, 3.05) is 0 Å². The first-order chi connectivity index (χ1) is 14.1.